The number of halogens is 1. The van der Waals surface area contributed by atoms with E-state index in [9.17, 15) is 9.41 Å². The smallest absolute Gasteiger partial charge is 0.423 e. The third-order valence-electron chi connectivity index (χ3n) is 2.09. The second-order valence-electron chi connectivity index (χ2n) is 2.87. The van der Waals surface area contributed by atoms with Crippen LogP contribution in [-0.2, 0) is 4.65 Å². The second kappa shape index (κ2) is 2.57. The molecule has 0 aliphatic carbocycles. The third kappa shape index (κ3) is 0.957. The van der Waals surface area contributed by atoms with Crippen LogP contribution in [0.15, 0.2) is 18.2 Å². The molecule has 1 aliphatic rings. The summed E-state index contributed by atoms with van der Waals surface area (Å²) in [4.78, 5) is 0. The molecule has 1 unspecified atom stereocenters. The lowest BCUT2D eigenvalue weighted by Gasteiger charge is -2.04. The maximum atomic E-state index is 13.1. The molecule has 0 bridgehead atoms. The predicted octanol–water partition coefficient (Wildman–Crippen LogP) is 0.604. The zero-order chi connectivity index (χ0) is 8.72. The second-order valence-corrected chi connectivity index (χ2v) is 2.87. The van der Waals surface area contributed by atoms with Crippen LogP contribution >= 0.6 is 0 Å². The van der Waals surface area contributed by atoms with E-state index in [4.69, 9.17) is 4.65 Å². The molecule has 2 rings (SSSR count). The van der Waals surface area contributed by atoms with Gasteiger partial charge in [0.15, 0.2) is 0 Å². The van der Waals surface area contributed by atoms with E-state index < -0.39 is 7.12 Å². The molecule has 0 aromatic heterocycles. The Morgan fingerprint density at radius 3 is 3.00 bits per heavy atom. The van der Waals surface area contributed by atoms with Gasteiger partial charge in [0.25, 0.3) is 0 Å². The molecule has 4 heteroatoms. The van der Waals surface area contributed by atoms with Gasteiger partial charge in [-0.3, -0.25) is 0 Å². The van der Waals surface area contributed by atoms with Crippen LogP contribution in [0.4, 0.5) is 4.39 Å². The lowest BCUT2D eigenvalue weighted by Crippen LogP contribution is -2.28. The molecule has 1 aromatic carbocycles. The highest BCUT2D eigenvalue weighted by Gasteiger charge is 2.34. The Bertz CT molecular complexity index is 316. The highest BCUT2D eigenvalue weighted by molar-refractivity contribution is 6.61. The van der Waals surface area contributed by atoms with E-state index in [1.807, 2.05) is 0 Å². The van der Waals surface area contributed by atoms with Crippen molar-refractivity contribution in [1.82, 2.24) is 0 Å². The summed E-state index contributed by atoms with van der Waals surface area (Å²) in [6, 6.07) is 4.61. The molecular formula is C8H8BFO2. The van der Waals surface area contributed by atoms with E-state index >= 15 is 0 Å². The van der Waals surface area contributed by atoms with Crippen LogP contribution in [-0.4, -0.2) is 12.1 Å². The minimum absolute atomic E-state index is 0.309. The van der Waals surface area contributed by atoms with Crippen molar-refractivity contribution in [3.63, 3.8) is 0 Å². The van der Waals surface area contributed by atoms with E-state index in [1.165, 1.54) is 6.07 Å². The van der Waals surface area contributed by atoms with Gasteiger partial charge in [0.05, 0.1) is 6.10 Å². The SMILES string of the molecule is CC1OB(O)c2cccc(F)c21. The highest BCUT2D eigenvalue weighted by atomic mass is 19.1. The van der Waals surface area contributed by atoms with E-state index in [2.05, 4.69) is 0 Å². The quantitative estimate of drug-likeness (QED) is 0.572. The Morgan fingerprint density at radius 2 is 2.33 bits per heavy atom. The zero-order valence-corrected chi connectivity index (χ0v) is 6.62. The predicted molar refractivity (Wildman–Crippen MR) is 43.5 cm³/mol. The molecule has 0 saturated carbocycles. The highest BCUT2D eigenvalue weighted by Crippen LogP contribution is 2.24. The van der Waals surface area contributed by atoms with Gasteiger partial charge in [0, 0.05) is 5.56 Å². The summed E-state index contributed by atoms with van der Waals surface area (Å²) in [6.07, 6.45) is -0.351. The van der Waals surface area contributed by atoms with Crippen molar-refractivity contribution in [2.45, 2.75) is 13.0 Å². The van der Waals surface area contributed by atoms with Crippen molar-refractivity contribution in [1.29, 1.82) is 0 Å². The van der Waals surface area contributed by atoms with Gasteiger partial charge in [-0.2, -0.15) is 0 Å². The van der Waals surface area contributed by atoms with Gasteiger partial charge >= 0.3 is 7.12 Å². The average Bonchev–Trinajstić information content (AvgIpc) is 2.29. The summed E-state index contributed by atoms with van der Waals surface area (Å²) >= 11 is 0. The van der Waals surface area contributed by atoms with E-state index in [1.54, 1.807) is 19.1 Å². The third-order valence-corrected chi connectivity index (χ3v) is 2.09. The molecule has 2 nitrogen and oxygen atoms in total. The van der Waals surface area contributed by atoms with Crippen LogP contribution in [0.1, 0.15) is 18.6 Å². The first kappa shape index (κ1) is 7.77. The lowest BCUT2D eigenvalue weighted by atomic mass is 9.79. The molecule has 0 amide bonds. The Kier molecular flexibility index (Phi) is 1.66. The molecule has 1 aliphatic heterocycles. The Morgan fingerprint density at radius 1 is 1.58 bits per heavy atom. The molecule has 0 saturated heterocycles. The van der Waals surface area contributed by atoms with Crippen molar-refractivity contribution in [3.8, 4) is 0 Å². The van der Waals surface area contributed by atoms with Crippen LogP contribution in [0, 0.1) is 5.82 Å². The molecule has 0 radical (unpaired) electrons. The molecule has 1 atom stereocenters. The number of hydrogen-bond acceptors (Lipinski definition) is 2. The number of benzene rings is 1. The fourth-order valence-corrected chi connectivity index (χ4v) is 1.53. The molecule has 62 valence electrons. The average molecular weight is 166 g/mol. The van der Waals surface area contributed by atoms with Gasteiger partial charge in [0.1, 0.15) is 5.82 Å². The summed E-state index contributed by atoms with van der Waals surface area (Å²) < 4.78 is 18.2. The fourth-order valence-electron chi connectivity index (χ4n) is 1.53. The zero-order valence-electron chi connectivity index (χ0n) is 6.62. The van der Waals surface area contributed by atoms with Gasteiger partial charge in [-0.25, -0.2) is 4.39 Å². The minimum atomic E-state index is -0.967. The Balaban J connectivity index is 2.59. The standard InChI is InChI=1S/C8H8BFO2/c1-5-8-6(9(11)12-5)3-2-4-7(8)10/h2-5,11H,1H3. The summed E-state index contributed by atoms with van der Waals surface area (Å²) in [5.74, 6) is -0.309. The molecule has 1 N–H and O–H groups in total. The summed E-state index contributed by atoms with van der Waals surface area (Å²) in [7, 11) is -0.967. The monoisotopic (exact) mass is 166 g/mol. The molecular weight excluding hydrogens is 158 g/mol. The first-order valence-corrected chi connectivity index (χ1v) is 3.82. The summed E-state index contributed by atoms with van der Waals surface area (Å²) in [5, 5.41) is 9.29. The van der Waals surface area contributed by atoms with Gasteiger partial charge in [-0.1, -0.05) is 12.1 Å². The molecule has 1 aromatic rings. The first-order valence-electron chi connectivity index (χ1n) is 3.82. The van der Waals surface area contributed by atoms with Crippen molar-refractivity contribution in [3.05, 3.63) is 29.6 Å². The van der Waals surface area contributed by atoms with Crippen LogP contribution in [0.2, 0.25) is 0 Å². The molecule has 1 heterocycles. The maximum Gasteiger partial charge on any atom is 0.492 e. The fraction of sp³-hybridized carbons (Fsp3) is 0.250. The number of fused-ring (bicyclic) bond motifs is 1. The van der Waals surface area contributed by atoms with E-state index in [-0.39, 0.29) is 11.9 Å². The topological polar surface area (TPSA) is 29.5 Å². The summed E-state index contributed by atoms with van der Waals surface area (Å²) in [6.45, 7) is 1.72. The molecule has 0 fully saturated rings. The van der Waals surface area contributed by atoms with E-state index in [0.717, 1.165) is 0 Å². The normalized spacial score (nSPS) is 21.2. The van der Waals surface area contributed by atoms with Crippen LogP contribution in [0.5, 0.6) is 0 Å². The van der Waals surface area contributed by atoms with Gasteiger partial charge in [-0.05, 0) is 18.5 Å². The Labute approximate surface area is 70.1 Å². The van der Waals surface area contributed by atoms with Crippen molar-refractivity contribution in [2.24, 2.45) is 0 Å². The molecule has 12 heavy (non-hydrogen) atoms. The largest absolute Gasteiger partial charge is 0.492 e. The summed E-state index contributed by atoms with van der Waals surface area (Å²) in [5.41, 5.74) is 1.02. The van der Waals surface area contributed by atoms with E-state index in [0.29, 0.717) is 11.0 Å². The Hall–Kier alpha value is -0.865. The van der Waals surface area contributed by atoms with Crippen LogP contribution in [0.25, 0.3) is 0 Å². The number of hydrogen-bond donors (Lipinski definition) is 1. The maximum absolute atomic E-state index is 13.1. The van der Waals surface area contributed by atoms with Gasteiger partial charge in [-0.15, -0.1) is 0 Å². The number of rotatable bonds is 0. The van der Waals surface area contributed by atoms with Crippen LogP contribution in [0.3, 0.4) is 0 Å². The van der Waals surface area contributed by atoms with Gasteiger partial charge in [0.2, 0.25) is 0 Å². The first-order chi connectivity index (χ1) is 5.70. The van der Waals surface area contributed by atoms with Crippen molar-refractivity contribution >= 4 is 12.6 Å². The van der Waals surface area contributed by atoms with Crippen LogP contribution < -0.4 is 5.46 Å². The molecule has 0 spiro atoms. The van der Waals surface area contributed by atoms with Crippen molar-refractivity contribution < 1.29 is 14.1 Å². The lowest BCUT2D eigenvalue weighted by molar-refractivity contribution is 0.205. The minimum Gasteiger partial charge on any atom is -0.423 e. The van der Waals surface area contributed by atoms with Crippen molar-refractivity contribution in [2.75, 3.05) is 0 Å². The van der Waals surface area contributed by atoms with Gasteiger partial charge < -0.3 is 9.68 Å².